The second-order valence-electron chi connectivity index (χ2n) is 6.84. The van der Waals surface area contributed by atoms with Gasteiger partial charge in [-0.3, -0.25) is 0 Å². The lowest BCUT2D eigenvalue weighted by Gasteiger charge is -2.25. The normalized spacial score (nSPS) is 20.7. The minimum absolute atomic E-state index is 0.114. The molecule has 0 radical (unpaired) electrons. The van der Waals surface area contributed by atoms with E-state index in [-0.39, 0.29) is 10.9 Å². The van der Waals surface area contributed by atoms with Crippen LogP contribution >= 0.6 is 0 Å². The van der Waals surface area contributed by atoms with E-state index in [0.717, 1.165) is 24.8 Å². The van der Waals surface area contributed by atoms with Crippen molar-refractivity contribution in [2.45, 2.75) is 37.1 Å². The van der Waals surface area contributed by atoms with E-state index >= 15 is 0 Å². The van der Waals surface area contributed by atoms with E-state index in [1.54, 1.807) is 22.5 Å². The molecule has 4 rings (SSSR count). The molecule has 1 unspecified atom stereocenters. The molecule has 1 atom stereocenters. The van der Waals surface area contributed by atoms with Crippen LogP contribution < -0.4 is 9.47 Å². The zero-order valence-corrected chi connectivity index (χ0v) is 15.7. The van der Waals surface area contributed by atoms with E-state index in [2.05, 4.69) is 0 Å². The highest BCUT2D eigenvalue weighted by Crippen LogP contribution is 2.39. The summed E-state index contributed by atoms with van der Waals surface area (Å²) in [6.07, 6.45) is 2.49. The molecule has 2 aliphatic rings. The molecule has 138 valence electrons. The molecule has 0 aromatic heterocycles. The average molecular weight is 373 g/mol. The van der Waals surface area contributed by atoms with Crippen LogP contribution in [0.2, 0.25) is 0 Å². The monoisotopic (exact) mass is 373 g/mol. The van der Waals surface area contributed by atoms with Gasteiger partial charge in [0.2, 0.25) is 10.0 Å². The van der Waals surface area contributed by atoms with Gasteiger partial charge < -0.3 is 9.47 Å². The number of hydrogen-bond acceptors (Lipinski definition) is 4. The van der Waals surface area contributed by atoms with Crippen LogP contribution in [0.25, 0.3) is 0 Å². The Morgan fingerprint density at radius 1 is 0.962 bits per heavy atom. The zero-order chi connectivity index (χ0) is 18.1. The van der Waals surface area contributed by atoms with Crippen molar-refractivity contribution in [1.29, 1.82) is 0 Å². The van der Waals surface area contributed by atoms with Crippen LogP contribution in [0.3, 0.4) is 0 Å². The molecule has 0 amide bonds. The summed E-state index contributed by atoms with van der Waals surface area (Å²) >= 11 is 0. The van der Waals surface area contributed by atoms with E-state index in [4.69, 9.17) is 9.47 Å². The number of fused-ring (bicyclic) bond motifs is 1. The molecule has 0 saturated carbocycles. The molecular formula is C20H23NO4S. The lowest BCUT2D eigenvalue weighted by Crippen LogP contribution is -2.30. The third-order valence-corrected chi connectivity index (χ3v) is 6.90. The molecule has 6 heteroatoms. The van der Waals surface area contributed by atoms with Crippen LogP contribution in [0, 0.1) is 6.92 Å². The summed E-state index contributed by atoms with van der Waals surface area (Å²) in [5.41, 5.74) is 2.22. The van der Waals surface area contributed by atoms with E-state index in [9.17, 15) is 8.42 Å². The number of sulfonamides is 1. The van der Waals surface area contributed by atoms with E-state index in [0.29, 0.717) is 31.3 Å². The summed E-state index contributed by atoms with van der Waals surface area (Å²) in [6, 6.07) is 12.9. The van der Waals surface area contributed by atoms with Gasteiger partial charge in [0.15, 0.2) is 11.5 Å². The molecule has 0 bridgehead atoms. The van der Waals surface area contributed by atoms with E-state index < -0.39 is 10.0 Å². The number of benzene rings is 2. The first-order valence-electron chi connectivity index (χ1n) is 9.04. The smallest absolute Gasteiger partial charge is 0.243 e. The fourth-order valence-electron chi connectivity index (χ4n) is 3.59. The van der Waals surface area contributed by atoms with Crippen molar-refractivity contribution >= 4 is 10.0 Å². The van der Waals surface area contributed by atoms with Crippen LogP contribution in [0.5, 0.6) is 11.5 Å². The summed E-state index contributed by atoms with van der Waals surface area (Å²) in [4.78, 5) is 0.265. The predicted molar refractivity (Wildman–Crippen MR) is 99.1 cm³/mol. The third kappa shape index (κ3) is 3.19. The van der Waals surface area contributed by atoms with Gasteiger partial charge in [-0.1, -0.05) is 29.8 Å². The maximum atomic E-state index is 13.3. The first-order valence-corrected chi connectivity index (χ1v) is 10.5. The van der Waals surface area contributed by atoms with Gasteiger partial charge in [-0.15, -0.1) is 0 Å². The largest absolute Gasteiger partial charge is 0.490 e. The van der Waals surface area contributed by atoms with E-state index in [1.165, 1.54) is 5.56 Å². The Labute approximate surface area is 154 Å². The predicted octanol–water partition coefficient (Wildman–Crippen LogP) is 3.68. The maximum absolute atomic E-state index is 13.3. The minimum atomic E-state index is -3.59. The highest BCUT2D eigenvalue weighted by molar-refractivity contribution is 7.89. The molecule has 2 aromatic carbocycles. The average Bonchev–Trinajstić information content (AvgIpc) is 3.02. The quantitative estimate of drug-likeness (QED) is 0.823. The molecular weight excluding hydrogens is 350 g/mol. The highest BCUT2D eigenvalue weighted by Gasteiger charge is 2.36. The third-order valence-electron chi connectivity index (χ3n) is 4.99. The van der Waals surface area contributed by atoms with Crippen molar-refractivity contribution in [2.75, 3.05) is 19.8 Å². The Hall–Kier alpha value is -2.05. The molecule has 1 fully saturated rings. The molecule has 5 nitrogen and oxygen atoms in total. The van der Waals surface area contributed by atoms with Crippen molar-refractivity contribution in [3.8, 4) is 11.5 Å². The molecule has 0 spiro atoms. The topological polar surface area (TPSA) is 55.8 Å². The number of hydrogen-bond donors (Lipinski definition) is 0. The standard InChI is InChI=1S/C20H23NO4S/c1-15-5-7-16(8-6-15)18-4-2-11-21(18)26(22,23)17-9-10-19-20(14-17)25-13-3-12-24-19/h5-10,14,18H,2-4,11-13H2,1H3. The lowest BCUT2D eigenvalue weighted by molar-refractivity contribution is 0.296. The van der Waals surface area contributed by atoms with Crippen molar-refractivity contribution in [2.24, 2.45) is 0 Å². The first-order chi connectivity index (χ1) is 12.6. The SMILES string of the molecule is Cc1ccc(C2CCCN2S(=O)(=O)c2ccc3c(c2)OCCCO3)cc1. The van der Waals surface area contributed by atoms with Crippen molar-refractivity contribution in [1.82, 2.24) is 4.31 Å². The van der Waals surface area contributed by atoms with Crippen molar-refractivity contribution in [3.63, 3.8) is 0 Å². The van der Waals surface area contributed by atoms with Gasteiger partial charge >= 0.3 is 0 Å². The van der Waals surface area contributed by atoms with Crippen molar-refractivity contribution in [3.05, 3.63) is 53.6 Å². The second-order valence-corrected chi connectivity index (χ2v) is 8.73. The fourth-order valence-corrected chi connectivity index (χ4v) is 5.29. The Morgan fingerprint density at radius 3 is 2.46 bits per heavy atom. The van der Waals surface area contributed by atoms with Crippen LogP contribution in [0.15, 0.2) is 47.4 Å². The van der Waals surface area contributed by atoms with Gasteiger partial charge in [0.1, 0.15) is 0 Å². The Bertz CT molecular complexity index is 893. The molecule has 26 heavy (non-hydrogen) atoms. The van der Waals surface area contributed by atoms with Gasteiger partial charge in [0.05, 0.1) is 24.2 Å². The van der Waals surface area contributed by atoms with Gasteiger partial charge in [0, 0.05) is 19.0 Å². The Morgan fingerprint density at radius 2 is 1.69 bits per heavy atom. The second kappa shape index (κ2) is 6.93. The molecule has 1 saturated heterocycles. The molecule has 2 aliphatic heterocycles. The fraction of sp³-hybridized carbons (Fsp3) is 0.400. The minimum Gasteiger partial charge on any atom is -0.490 e. The Balaban J connectivity index is 1.67. The summed E-state index contributed by atoms with van der Waals surface area (Å²) < 4.78 is 39.5. The summed E-state index contributed by atoms with van der Waals surface area (Å²) in [7, 11) is -3.59. The van der Waals surface area contributed by atoms with Crippen LogP contribution in [-0.2, 0) is 10.0 Å². The van der Waals surface area contributed by atoms with Crippen LogP contribution in [0.4, 0.5) is 0 Å². The summed E-state index contributed by atoms with van der Waals surface area (Å²) in [5.74, 6) is 1.12. The molecule has 2 heterocycles. The number of aryl methyl sites for hydroxylation is 1. The Kier molecular flexibility index (Phi) is 4.63. The highest BCUT2D eigenvalue weighted by atomic mass is 32.2. The van der Waals surface area contributed by atoms with Crippen LogP contribution in [-0.4, -0.2) is 32.5 Å². The molecule has 0 aliphatic carbocycles. The number of ether oxygens (including phenoxy) is 2. The van der Waals surface area contributed by atoms with Crippen LogP contribution in [0.1, 0.15) is 36.4 Å². The number of nitrogens with zero attached hydrogens (tertiary/aromatic N) is 1. The van der Waals surface area contributed by atoms with Gasteiger partial charge in [-0.2, -0.15) is 4.31 Å². The lowest BCUT2D eigenvalue weighted by atomic mass is 10.0. The van der Waals surface area contributed by atoms with Crippen molar-refractivity contribution < 1.29 is 17.9 Å². The number of rotatable bonds is 3. The summed E-state index contributed by atoms with van der Waals surface area (Å²) in [5, 5.41) is 0. The van der Waals surface area contributed by atoms with Gasteiger partial charge in [-0.05, 0) is 37.5 Å². The zero-order valence-electron chi connectivity index (χ0n) is 14.8. The first kappa shape index (κ1) is 17.4. The maximum Gasteiger partial charge on any atom is 0.243 e. The summed E-state index contributed by atoms with van der Waals surface area (Å²) in [6.45, 7) is 3.69. The molecule has 2 aromatic rings. The van der Waals surface area contributed by atoms with Gasteiger partial charge in [-0.25, -0.2) is 8.42 Å². The molecule has 0 N–H and O–H groups in total. The van der Waals surface area contributed by atoms with E-state index in [1.807, 2.05) is 31.2 Å². The van der Waals surface area contributed by atoms with Gasteiger partial charge in [0.25, 0.3) is 0 Å².